The van der Waals surface area contributed by atoms with Crippen molar-refractivity contribution in [2.75, 3.05) is 32.9 Å². The van der Waals surface area contributed by atoms with Crippen molar-refractivity contribution in [3.63, 3.8) is 0 Å². The first-order chi connectivity index (χ1) is 33.9. The number of amides is 1. The Hall–Kier alpha value is -5.52. The van der Waals surface area contributed by atoms with E-state index in [4.69, 9.17) is 44.0 Å². The van der Waals surface area contributed by atoms with Gasteiger partial charge in [0.1, 0.15) is 18.5 Å². The zero-order chi connectivity index (χ0) is 54.6. The van der Waals surface area contributed by atoms with Crippen molar-refractivity contribution in [3.05, 3.63) is 76.5 Å². The van der Waals surface area contributed by atoms with Crippen molar-refractivity contribution in [2.24, 2.45) is 27.4 Å². The molecule has 0 radical (unpaired) electrons. The summed E-state index contributed by atoms with van der Waals surface area (Å²) in [5.41, 5.74) is 5.90. The Balaban J connectivity index is 1.78. The number of ether oxygens (including phenoxy) is 7. The molecule has 73 heavy (non-hydrogen) atoms. The van der Waals surface area contributed by atoms with Crippen molar-refractivity contribution in [3.8, 4) is 11.6 Å². The van der Waals surface area contributed by atoms with E-state index in [0.29, 0.717) is 63.4 Å². The number of aliphatic hydroxyl groups is 1. The van der Waals surface area contributed by atoms with Gasteiger partial charge in [-0.1, -0.05) is 50.2 Å². The first kappa shape index (κ1) is 60.0. The highest BCUT2D eigenvalue weighted by Gasteiger charge is 2.56. The average Bonchev–Trinajstić information content (AvgIpc) is 3.62. The van der Waals surface area contributed by atoms with Gasteiger partial charge in [0.2, 0.25) is 24.2 Å². The topological polar surface area (TPSA) is 217 Å². The van der Waals surface area contributed by atoms with Crippen molar-refractivity contribution >= 4 is 29.8 Å². The highest BCUT2D eigenvalue weighted by atomic mass is 16.7. The van der Waals surface area contributed by atoms with Crippen LogP contribution >= 0.6 is 0 Å². The quantitative estimate of drug-likeness (QED) is 0.0523. The van der Waals surface area contributed by atoms with E-state index in [2.05, 4.69) is 17.0 Å². The molecule has 0 saturated carbocycles. The molecule has 17 heteroatoms. The van der Waals surface area contributed by atoms with E-state index in [1.807, 2.05) is 57.2 Å². The van der Waals surface area contributed by atoms with Crippen molar-refractivity contribution in [1.82, 2.24) is 14.7 Å². The van der Waals surface area contributed by atoms with Gasteiger partial charge in [0.25, 0.3) is 0 Å². The number of rotatable bonds is 23. The van der Waals surface area contributed by atoms with Crippen LogP contribution in [0, 0.1) is 28.6 Å². The molecule has 0 bridgehead atoms. The Morgan fingerprint density at radius 3 is 1.88 bits per heavy atom. The lowest BCUT2D eigenvalue weighted by Gasteiger charge is -2.45. The van der Waals surface area contributed by atoms with Gasteiger partial charge in [-0.15, -0.1) is 5.10 Å². The van der Waals surface area contributed by atoms with Gasteiger partial charge in [-0.2, -0.15) is 0 Å². The summed E-state index contributed by atoms with van der Waals surface area (Å²) in [5, 5.41) is 14.9. The fourth-order valence-electron chi connectivity index (χ4n) is 7.69. The summed E-state index contributed by atoms with van der Waals surface area (Å²) in [6, 6.07) is 15.9. The second-order valence-corrected chi connectivity index (χ2v) is 23.4. The van der Waals surface area contributed by atoms with E-state index < -0.39 is 82.8 Å². The first-order valence-electron chi connectivity index (χ1n) is 25.5. The number of carbonyl (C=O) groups is 5. The number of benzene rings is 2. The second kappa shape index (κ2) is 25.6. The molecule has 2 heterocycles. The molecule has 1 saturated heterocycles. The van der Waals surface area contributed by atoms with Crippen LogP contribution in [0.15, 0.2) is 48.5 Å². The predicted molar refractivity (Wildman–Crippen MR) is 275 cm³/mol. The third-order valence-corrected chi connectivity index (χ3v) is 12.0. The lowest BCUT2D eigenvalue weighted by molar-refractivity contribution is -0.294. The van der Waals surface area contributed by atoms with Gasteiger partial charge in [-0.05, 0) is 138 Å². The predicted octanol–water partition coefficient (Wildman–Crippen LogP) is 8.00. The van der Waals surface area contributed by atoms with Gasteiger partial charge >= 0.3 is 23.9 Å². The number of hydrogen-bond donors (Lipinski definition) is 2. The Morgan fingerprint density at radius 2 is 1.34 bits per heavy atom. The third-order valence-electron chi connectivity index (χ3n) is 12.0. The molecule has 1 fully saturated rings. The SMILES string of the molecule is Cc1cc(OCCCN(CCC(N)=O)Cc2ccccc2)ccc1Cc1c(O[C@@H]2O[C@H](COC(=O)C(C)(C)C)[C@@H](OC(=O)C(C)(C)C)[C@H](OC(=O)C(C)(C)C)[C@H]2OC(=O)C(C)(C)C)nn(CCCO)c1C(C)C. The van der Waals surface area contributed by atoms with Gasteiger partial charge in [0.15, 0.2) is 12.2 Å². The molecule has 0 spiro atoms. The molecule has 17 nitrogen and oxygen atoms in total. The molecular formula is C56H84N4O13. The monoisotopic (exact) mass is 1020 g/mol. The van der Waals surface area contributed by atoms with Gasteiger partial charge in [0, 0.05) is 56.9 Å². The van der Waals surface area contributed by atoms with Gasteiger partial charge < -0.3 is 44.0 Å². The second-order valence-electron chi connectivity index (χ2n) is 23.4. The standard InChI is InChI=1S/C56H84N4O13/c1-35(2)43-40(32-38-23-24-39(31-36(38)3)67-30-20-26-59(28-25-42(57)62)33-37-21-17-16-18-22-37)47(58-60(43)27-19-29-61)73-48-46(72-52(66)56(13,14)15)45(71-51(65)55(10,11)12)44(70-50(64)54(7,8)9)41(69-48)34-68-49(63)53(4,5)6/h16-18,21-24,31,35,41,44-46,48,61H,19-20,25-30,32-34H2,1-15H3,(H2,57,62)/t41-,44-,45+,46-,48+/m1/s1. The summed E-state index contributed by atoms with van der Waals surface area (Å²) in [5.74, 6) is -2.27. The number of carbonyl (C=O) groups excluding carboxylic acids is 5. The molecule has 4 rings (SSSR count). The molecule has 1 aliphatic heterocycles. The van der Waals surface area contributed by atoms with Gasteiger partial charge in [-0.3, -0.25) is 33.6 Å². The van der Waals surface area contributed by atoms with Crippen LogP contribution in [0.25, 0.3) is 0 Å². The average molecular weight is 1020 g/mol. The Morgan fingerprint density at radius 1 is 0.767 bits per heavy atom. The lowest BCUT2D eigenvalue weighted by Crippen LogP contribution is -2.65. The number of aromatic nitrogens is 2. The van der Waals surface area contributed by atoms with Crippen molar-refractivity contribution in [1.29, 1.82) is 0 Å². The highest BCUT2D eigenvalue weighted by molar-refractivity contribution is 5.78. The molecule has 406 valence electrons. The van der Waals surface area contributed by atoms with Crippen LogP contribution in [0.3, 0.4) is 0 Å². The fourth-order valence-corrected chi connectivity index (χ4v) is 7.69. The summed E-state index contributed by atoms with van der Waals surface area (Å²) in [4.78, 5) is 68.9. The van der Waals surface area contributed by atoms with Crippen LogP contribution in [0.1, 0.15) is 150 Å². The Kier molecular flexibility index (Phi) is 21.1. The number of esters is 4. The van der Waals surface area contributed by atoms with Crippen molar-refractivity contribution in [2.45, 2.75) is 179 Å². The minimum Gasteiger partial charge on any atom is -0.494 e. The van der Waals surface area contributed by atoms with E-state index in [-0.39, 0.29) is 30.7 Å². The molecule has 1 amide bonds. The lowest BCUT2D eigenvalue weighted by atomic mass is 9.93. The summed E-state index contributed by atoms with van der Waals surface area (Å²) in [6.07, 6.45) is -5.71. The maximum Gasteiger partial charge on any atom is 0.311 e. The smallest absolute Gasteiger partial charge is 0.311 e. The van der Waals surface area contributed by atoms with E-state index in [0.717, 1.165) is 22.4 Å². The maximum absolute atomic E-state index is 14.0. The zero-order valence-electron chi connectivity index (χ0n) is 46.1. The van der Waals surface area contributed by atoms with Crippen LogP contribution in [0.5, 0.6) is 11.6 Å². The van der Waals surface area contributed by atoms with Crippen LogP contribution in [0.4, 0.5) is 0 Å². The number of hydrogen-bond acceptors (Lipinski definition) is 15. The van der Waals surface area contributed by atoms with Crippen molar-refractivity contribution < 1.29 is 62.2 Å². The largest absolute Gasteiger partial charge is 0.494 e. The van der Waals surface area contributed by atoms with Crippen LogP contribution in [0.2, 0.25) is 0 Å². The zero-order valence-corrected chi connectivity index (χ0v) is 46.1. The molecule has 0 unspecified atom stereocenters. The minimum atomic E-state index is -1.57. The number of nitrogens with two attached hydrogens (primary N) is 1. The summed E-state index contributed by atoms with van der Waals surface area (Å²) < 4.78 is 46.1. The molecule has 1 aliphatic rings. The fraction of sp³-hybridized carbons (Fsp3) is 0.643. The van der Waals surface area contributed by atoms with Crippen LogP contribution < -0.4 is 15.2 Å². The Labute approximate surface area is 433 Å². The molecular weight excluding hydrogens is 937 g/mol. The molecule has 3 aromatic rings. The highest BCUT2D eigenvalue weighted by Crippen LogP contribution is 2.38. The summed E-state index contributed by atoms with van der Waals surface area (Å²) in [7, 11) is 0. The number of aryl methyl sites for hydroxylation is 2. The minimum absolute atomic E-state index is 0.0943. The number of primary amides is 1. The van der Waals surface area contributed by atoms with Crippen LogP contribution in [-0.4, -0.2) is 113 Å². The maximum atomic E-state index is 14.0. The van der Waals surface area contributed by atoms with E-state index in [1.165, 1.54) is 0 Å². The summed E-state index contributed by atoms with van der Waals surface area (Å²) in [6.45, 7) is 28.3. The normalized spacial score (nSPS) is 18.6. The van der Waals surface area contributed by atoms with E-state index >= 15 is 0 Å². The van der Waals surface area contributed by atoms with E-state index in [9.17, 15) is 29.1 Å². The molecule has 3 N–H and O–H groups in total. The molecule has 1 aromatic heterocycles. The molecule has 2 aromatic carbocycles. The third kappa shape index (κ3) is 17.8. The summed E-state index contributed by atoms with van der Waals surface area (Å²) >= 11 is 0. The van der Waals surface area contributed by atoms with E-state index in [1.54, 1.807) is 87.8 Å². The number of aliphatic hydroxyl groups excluding tert-OH is 1. The molecule has 0 aliphatic carbocycles. The molecule has 5 atom stereocenters. The van der Waals surface area contributed by atoms with Gasteiger partial charge in [0.05, 0.1) is 28.3 Å². The Bertz CT molecular complexity index is 2320. The van der Waals surface area contributed by atoms with Crippen LogP contribution in [-0.2, 0) is 67.2 Å². The van der Waals surface area contributed by atoms with Gasteiger partial charge in [-0.25, -0.2) is 0 Å². The number of nitrogens with zero attached hydrogens (tertiary/aromatic N) is 3. The first-order valence-corrected chi connectivity index (χ1v) is 25.5.